The average Bonchev–Trinajstić information content (AvgIpc) is 3.73. The maximum absolute atomic E-state index is 5.02. The first-order chi connectivity index (χ1) is 27.5. The molecule has 8 aromatic rings. The number of rotatable bonds is 9. The molecule has 0 aliphatic carbocycles. The summed E-state index contributed by atoms with van der Waals surface area (Å²) in [5.74, 6) is 0.727. The molecule has 4 nitrogen and oxygen atoms in total. The largest absolute Gasteiger partial charge is 0.311 e. The quantitative estimate of drug-likeness (QED) is 0.147. The molecule has 0 atom stereocenters. The van der Waals surface area contributed by atoms with Crippen LogP contribution in [0.5, 0.6) is 0 Å². The van der Waals surface area contributed by atoms with E-state index in [-0.39, 0.29) is 10.8 Å². The molecule has 5 heteroatoms. The second kappa shape index (κ2) is 15.7. The summed E-state index contributed by atoms with van der Waals surface area (Å²) in [5, 5.41) is 0.887. The van der Waals surface area contributed by atoms with Crippen molar-refractivity contribution in [2.45, 2.75) is 52.4 Å². The molecular weight excluding hydrogens is 713 g/mol. The maximum atomic E-state index is 5.02. The van der Waals surface area contributed by atoms with Gasteiger partial charge in [0.25, 0.3) is 0 Å². The predicted octanol–water partition coefficient (Wildman–Crippen LogP) is 15.1. The first-order valence-corrected chi connectivity index (χ1v) is 20.4. The molecule has 0 amide bonds. The molecule has 1 heterocycles. The van der Waals surface area contributed by atoms with Crippen LogP contribution in [0, 0.1) is 0 Å². The molecule has 0 bridgehead atoms. The van der Waals surface area contributed by atoms with Crippen LogP contribution < -0.4 is 9.80 Å². The van der Waals surface area contributed by atoms with Crippen molar-refractivity contribution in [1.82, 2.24) is 9.36 Å². The first-order valence-electron chi connectivity index (χ1n) is 19.6. The van der Waals surface area contributed by atoms with E-state index in [1.165, 1.54) is 33.8 Å². The third-order valence-electron chi connectivity index (χ3n) is 10.4. The topological polar surface area (TPSA) is 32.3 Å². The van der Waals surface area contributed by atoms with Crippen molar-refractivity contribution >= 4 is 45.7 Å². The Morgan fingerprint density at radius 2 is 0.772 bits per heavy atom. The summed E-state index contributed by atoms with van der Waals surface area (Å²) in [6.45, 7) is 13.5. The lowest BCUT2D eigenvalue weighted by Gasteiger charge is -2.28. The fourth-order valence-corrected chi connectivity index (χ4v) is 7.81. The molecule has 0 unspecified atom stereocenters. The van der Waals surface area contributed by atoms with Gasteiger partial charge in [-0.25, -0.2) is 4.98 Å². The van der Waals surface area contributed by atoms with Crippen LogP contribution in [0.2, 0.25) is 0 Å². The van der Waals surface area contributed by atoms with Crippen LogP contribution in [0.3, 0.4) is 0 Å². The molecule has 8 rings (SSSR count). The molecule has 0 aliphatic heterocycles. The number of aromatic nitrogens is 2. The highest BCUT2D eigenvalue weighted by Crippen LogP contribution is 2.40. The summed E-state index contributed by atoms with van der Waals surface area (Å²) >= 11 is 1.43. The Kier molecular flexibility index (Phi) is 10.3. The number of anilines is 6. The Balaban J connectivity index is 1.06. The van der Waals surface area contributed by atoms with Crippen molar-refractivity contribution in [3.05, 3.63) is 193 Å². The summed E-state index contributed by atoms with van der Waals surface area (Å²) in [6, 6.07) is 64.9. The molecule has 57 heavy (non-hydrogen) atoms. The lowest BCUT2D eigenvalue weighted by atomic mass is 9.86. The van der Waals surface area contributed by atoms with Gasteiger partial charge < -0.3 is 9.80 Å². The van der Waals surface area contributed by atoms with E-state index < -0.39 is 0 Å². The summed E-state index contributed by atoms with van der Waals surface area (Å²) < 4.78 is 4.82. The van der Waals surface area contributed by atoms with Crippen molar-refractivity contribution in [2.75, 3.05) is 9.80 Å². The van der Waals surface area contributed by atoms with Crippen LogP contribution in [-0.4, -0.2) is 9.36 Å². The molecular formula is C52H48N4S. The van der Waals surface area contributed by atoms with Crippen LogP contribution in [-0.2, 0) is 10.8 Å². The smallest absolute Gasteiger partial charge is 0.173 e. The van der Waals surface area contributed by atoms with E-state index in [0.29, 0.717) is 0 Å². The summed E-state index contributed by atoms with van der Waals surface area (Å²) in [5.41, 5.74) is 13.8. The highest BCUT2D eigenvalue weighted by molar-refractivity contribution is 7.09. The summed E-state index contributed by atoms with van der Waals surface area (Å²) in [6.07, 6.45) is 0. The number of hydrogen-bond acceptors (Lipinski definition) is 5. The van der Waals surface area contributed by atoms with Crippen LogP contribution in [0.4, 0.5) is 34.1 Å². The maximum Gasteiger partial charge on any atom is 0.173 e. The first kappa shape index (κ1) is 37.6. The second-order valence-electron chi connectivity index (χ2n) is 16.5. The Labute approximate surface area is 341 Å². The highest BCUT2D eigenvalue weighted by atomic mass is 32.1. The minimum atomic E-state index is 0.0820. The minimum Gasteiger partial charge on any atom is -0.311 e. The molecule has 282 valence electrons. The Morgan fingerprint density at radius 3 is 1.28 bits per heavy atom. The SMILES string of the molecule is CC(C)(C)c1ccc(N(c2ccc(-c3nsc(-c4ccc(N(c5ccccc5)c5cccc(-c6ccccc6)c5)cc4)n3)cc2)c2ccc(C(C)(C)C)cc2)cc1. The molecule has 0 spiro atoms. The summed E-state index contributed by atoms with van der Waals surface area (Å²) in [4.78, 5) is 9.64. The van der Waals surface area contributed by atoms with Gasteiger partial charge in [0.1, 0.15) is 5.01 Å². The predicted molar refractivity (Wildman–Crippen MR) is 243 cm³/mol. The average molecular weight is 761 g/mol. The monoisotopic (exact) mass is 760 g/mol. The Bertz CT molecular complexity index is 2490. The van der Waals surface area contributed by atoms with Gasteiger partial charge in [0.15, 0.2) is 5.82 Å². The van der Waals surface area contributed by atoms with Gasteiger partial charge >= 0.3 is 0 Å². The van der Waals surface area contributed by atoms with Gasteiger partial charge in [-0.05, 0) is 142 Å². The van der Waals surface area contributed by atoms with E-state index in [4.69, 9.17) is 9.36 Å². The van der Waals surface area contributed by atoms with Gasteiger partial charge in [0.2, 0.25) is 0 Å². The number of hydrogen-bond donors (Lipinski definition) is 0. The molecule has 0 aliphatic rings. The molecule has 7 aromatic carbocycles. The van der Waals surface area contributed by atoms with E-state index in [1.54, 1.807) is 0 Å². The van der Waals surface area contributed by atoms with Gasteiger partial charge in [-0.15, -0.1) is 0 Å². The van der Waals surface area contributed by atoms with Gasteiger partial charge in [-0.1, -0.05) is 126 Å². The minimum absolute atomic E-state index is 0.0820. The van der Waals surface area contributed by atoms with Gasteiger partial charge in [-0.3, -0.25) is 0 Å². The van der Waals surface area contributed by atoms with E-state index in [9.17, 15) is 0 Å². The lowest BCUT2D eigenvalue weighted by molar-refractivity contribution is 0.590. The molecule has 0 saturated carbocycles. The molecule has 0 fully saturated rings. The van der Waals surface area contributed by atoms with Crippen LogP contribution in [0.15, 0.2) is 182 Å². The van der Waals surface area contributed by atoms with E-state index in [2.05, 4.69) is 233 Å². The third-order valence-corrected chi connectivity index (χ3v) is 11.2. The zero-order valence-corrected chi connectivity index (χ0v) is 34.3. The Morgan fingerprint density at radius 1 is 0.368 bits per heavy atom. The van der Waals surface area contributed by atoms with E-state index >= 15 is 0 Å². The van der Waals surface area contributed by atoms with Crippen molar-refractivity contribution < 1.29 is 0 Å². The Hall–Kier alpha value is -6.30. The number of para-hydroxylation sites is 1. The highest BCUT2D eigenvalue weighted by Gasteiger charge is 2.20. The third kappa shape index (κ3) is 8.30. The van der Waals surface area contributed by atoms with Gasteiger partial charge in [0.05, 0.1) is 0 Å². The lowest BCUT2D eigenvalue weighted by Crippen LogP contribution is -2.14. The fraction of sp³-hybridized carbons (Fsp3) is 0.154. The van der Waals surface area contributed by atoms with Crippen molar-refractivity contribution in [3.8, 4) is 33.1 Å². The normalized spacial score (nSPS) is 11.7. The van der Waals surface area contributed by atoms with E-state index in [1.807, 2.05) is 0 Å². The van der Waals surface area contributed by atoms with Crippen LogP contribution in [0.1, 0.15) is 52.7 Å². The zero-order chi connectivity index (χ0) is 39.6. The molecule has 0 N–H and O–H groups in total. The number of benzene rings is 7. The van der Waals surface area contributed by atoms with Crippen molar-refractivity contribution in [3.63, 3.8) is 0 Å². The van der Waals surface area contributed by atoms with Gasteiger partial charge in [0, 0.05) is 45.3 Å². The number of nitrogens with zero attached hydrogens (tertiary/aromatic N) is 4. The standard InChI is InChI=1S/C52H48N4S/c1-51(2,3)41-24-32-46(33-25-41)55(47-34-26-42(27-35-47)52(4,5)6)44-28-20-38(21-29-44)49-53-50(57-54-49)39-22-30-45(31-23-39)56(43-17-11-8-12-18-43)48-19-13-16-40(36-48)37-14-9-7-10-15-37/h7-36H,1-6H3. The van der Waals surface area contributed by atoms with Crippen molar-refractivity contribution in [2.24, 2.45) is 0 Å². The summed E-state index contributed by atoms with van der Waals surface area (Å²) in [7, 11) is 0. The van der Waals surface area contributed by atoms with Crippen molar-refractivity contribution in [1.29, 1.82) is 0 Å². The van der Waals surface area contributed by atoms with Crippen LogP contribution in [0.25, 0.3) is 33.1 Å². The van der Waals surface area contributed by atoms with E-state index in [0.717, 1.165) is 56.1 Å². The second-order valence-corrected chi connectivity index (χ2v) is 17.3. The zero-order valence-electron chi connectivity index (χ0n) is 33.5. The van der Waals surface area contributed by atoms with Crippen LogP contribution >= 0.6 is 11.5 Å². The molecule has 0 radical (unpaired) electrons. The molecule has 0 saturated heterocycles. The van der Waals surface area contributed by atoms with Gasteiger partial charge in [-0.2, -0.15) is 4.37 Å². The molecule has 1 aromatic heterocycles. The fourth-order valence-electron chi connectivity index (χ4n) is 7.12.